The van der Waals surface area contributed by atoms with E-state index in [0.717, 1.165) is 11.1 Å². The minimum Gasteiger partial charge on any atom is -0.478 e. The van der Waals surface area contributed by atoms with Crippen LogP contribution in [0.2, 0.25) is 5.02 Å². The van der Waals surface area contributed by atoms with Gasteiger partial charge in [-0.1, -0.05) is 48.0 Å². The van der Waals surface area contributed by atoms with Gasteiger partial charge in [-0.05, 0) is 66.1 Å². The molecule has 0 spiro atoms. The van der Waals surface area contributed by atoms with Crippen molar-refractivity contribution in [2.45, 2.75) is 23.2 Å². The fraction of sp³-hybridized carbons (Fsp3) is 0.208. The molecule has 33 heavy (non-hydrogen) atoms. The predicted octanol–water partition coefficient (Wildman–Crippen LogP) is 4.30. The van der Waals surface area contributed by atoms with Crippen LogP contribution in [-0.4, -0.2) is 37.7 Å². The number of carboxylic acids is 1. The maximum atomic E-state index is 12.7. The summed E-state index contributed by atoms with van der Waals surface area (Å²) in [6.07, 6.45) is 0.0185. The molecule has 6 nitrogen and oxygen atoms in total. The number of hydrogen-bond acceptors (Lipinski definition) is 5. The van der Waals surface area contributed by atoms with Crippen molar-refractivity contribution >= 4 is 39.8 Å². The minimum atomic E-state index is -3.54. The van der Waals surface area contributed by atoms with Crippen molar-refractivity contribution < 1.29 is 23.4 Å². The summed E-state index contributed by atoms with van der Waals surface area (Å²) in [5.41, 5.74) is 2.36. The highest BCUT2D eigenvalue weighted by atomic mass is 35.5. The molecule has 3 aromatic carbocycles. The molecular weight excluding hydrogens is 485 g/mol. The van der Waals surface area contributed by atoms with Gasteiger partial charge in [0, 0.05) is 11.6 Å². The number of aliphatic hydroxyl groups excluding tert-OH is 1. The largest absolute Gasteiger partial charge is 0.478 e. The summed E-state index contributed by atoms with van der Waals surface area (Å²) in [5, 5.41) is 22.9. The Labute approximate surface area is 204 Å². The van der Waals surface area contributed by atoms with Gasteiger partial charge in [0.15, 0.2) is 9.84 Å². The van der Waals surface area contributed by atoms with Gasteiger partial charge in [-0.2, -0.15) is 0 Å². The number of aromatic carboxylic acids is 1. The Morgan fingerprint density at radius 3 is 2.21 bits per heavy atom. The molecule has 0 saturated heterocycles. The lowest BCUT2D eigenvalue weighted by molar-refractivity contribution is 0.0697. The molecule has 3 rings (SSSR count). The smallest absolute Gasteiger partial charge is 0.335 e. The van der Waals surface area contributed by atoms with Crippen LogP contribution in [0.3, 0.4) is 0 Å². The number of carboxylic acid groups (broad SMARTS) is 1. The van der Waals surface area contributed by atoms with E-state index < -0.39 is 21.9 Å². The van der Waals surface area contributed by atoms with Crippen molar-refractivity contribution in [3.8, 4) is 0 Å². The van der Waals surface area contributed by atoms with Gasteiger partial charge in [0.25, 0.3) is 0 Å². The molecule has 0 heterocycles. The van der Waals surface area contributed by atoms with Crippen molar-refractivity contribution in [3.05, 3.63) is 100 Å². The summed E-state index contributed by atoms with van der Waals surface area (Å²) in [4.78, 5) is 11.1. The van der Waals surface area contributed by atoms with E-state index in [9.17, 15) is 18.3 Å². The summed E-state index contributed by atoms with van der Waals surface area (Å²) in [7, 11) is -3.54. The number of carbonyl (C=O) groups is 1. The van der Waals surface area contributed by atoms with E-state index in [2.05, 4.69) is 5.32 Å². The summed E-state index contributed by atoms with van der Waals surface area (Å²) >= 11 is 5.94. The molecule has 0 aliphatic heterocycles. The summed E-state index contributed by atoms with van der Waals surface area (Å²) in [6.45, 7) is 1.01. The molecule has 0 unspecified atom stereocenters. The Bertz CT molecular complexity index is 1170. The second-order valence-corrected chi connectivity index (χ2v) is 9.86. The second kappa shape index (κ2) is 12.2. The maximum absolute atomic E-state index is 12.7. The lowest BCUT2D eigenvalue weighted by Crippen LogP contribution is -2.23. The molecule has 0 radical (unpaired) electrons. The van der Waals surface area contributed by atoms with Crippen molar-refractivity contribution in [1.82, 2.24) is 5.32 Å². The fourth-order valence-corrected chi connectivity index (χ4v) is 4.76. The van der Waals surface area contributed by atoms with Crippen LogP contribution in [0.25, 0.3) is 0 Å². The summed E-state index contributed by atoms with van der Waals surface area (Å²) in [6, 6.07) is 19.6. The first-order valence-corrected chi connectivity index (χ1v) is 12.1. The van der Waals surface area contributed by atoms with Crippen molar-refractivity contribution in [1.29, 1.82) is 0 Å². The highest BCUT2D eigenvalue weighted by molar-refractivity contribution is 7.90. The first-order valence-electron chi connectivity index (χ1n) is 10.0. The fourth-order valence-electron chi connectivity index (χ4n) is 3.21. The number of rotatable bonds is 10. The SMILES string of the molecule is Cl.O=C(O)c1ccc(CS(=O)(=O)c2ccc(CCNC[C@H](O)c3cccc(Cl)c3)cc2)cc1. The van der Waals surface area contributed by atoms with Crippen LogP contribution >= 0.6 is 24.0 Å². The quantitative estimate of drug-likeness (QED) is 0.352. The van der Waals surface area contributed by atoms with E-state index in [-0.39, 0.29) is 28.6 Å². The van der Waals surface area contributed by atoms with Crippen LogP contribution in [0, 0.1) is 0 Å². The second-order valence-electron chi connectivity index (χ2n) is 7.43. The first-order chi connectivity index (χ1) is 15.2. The predicted molar refractivity (Wildman–Crippen MR) is 131 cm³/mol. The molecule has 0 fully saturated rings. The Hall–Kier alpha value is -2.42. The zero-order valence-electron chi connectivity index (χ0n) is 17.6. The van der Waals surface area contributed by atoms with E-state index >= 15 is 0 Å². The van der Waals surface area contributed by atoms with Gasteiger partial charge in [-0.3, -0.25) is 0 Å². The van der Waals surface area contributed by atoms with Crippen LogP contribution in [0.1, 0.15) is 33.2 Å². The summed E-state index contributed by atoms with van der Waals surface area (Å²) in [5.74, 6) is -1.25. The third kappa shape index (κ3) is 7.84. The lowest BCUT2D eigenvalue weighted by atomic mass is 10.1. The molecule has 0 saturated carbocycles. The molecule has 0 bridgehead atoms. The van der Waals surface area contributed by atoms with Crippen LogP contribution in [0.5, 0.6) is 0 Å². The summed E-state index contributed by atoms with van der Waals surface area (Å²) < 4.78 is 25.3. The van der Waals surface area contributed by atoms with E-state index in [1.54, 1.807) is 42.5 Å². The topological polar surface area (TPSA) is 104 Å². The molecular formula is C24H25Cl2NO5S. The molecule has 0 aliphatic carbocycles. The monoisotopic (exact) mass is 509 g/mol. The van der Waals surface area contributed by atoms with E-state index in [0.29, 0.717) is 30.1 Å². The Morgan fingerprint density at radius 2 is 1.61 bits per heavy atom. The average Bonchev–Trinajstić information content (AvgIpc) is 2.77. The van der Waals surface area contributed by atoms with Gasteiger partial charge in [-0.25, -0.2) is 13.2 Å². The van der Waals surface area contributed by atoms with Crippen LogP contribution in [-0.2, 0) is 22.0 Å². The number of halogens is 2. The van der Waals surface area contributed by atoms with Crippen LogP contribution < -0.4 is 5.32 Å². The number of nitrogens with one attached hydrogen (secondary N) is 1. The van der Waals surface area contributed by atoms with Crippen molar-refractivity contribution in [2.75, 3.05) is 13.1 Å². The number of aliphatic hydroxyl groups is 1. The molecule has 0 aromatic heterocycles. The number of sulfone groups is 1. The zero-order valence-corrected chi connectivity index (χ0v) is 20.0. The highest BCUT2D eigenvalue weighted by Crippen LogP contribution is 2.19. The van der Waals surface area contributed by atoms with E-state index in [1.165, 1.54) is 24.3 Å². The number of hydrogen-bond donors (Lipinski definition) is 3. The lowest BCUT2D eigenvalue weighted by Gasteiger charge is -2.12. The van der Waals surface area contributed by atoms with Gasteiger partial charge in [-0.15, -0.1) is 12.4 Å². The number of benzene rings is 3. The molecule has 9 heteroatoms. The van der Waals surface area contributed by atoms with Gasteiger partial charge in [0.1, 0.15) is 0 Å². The maximum Gasteiger partial charge on any atom is 0.335 e. The molecule has 0 aliphatic rings. The molecule has 0 amide bonds. The van der Waals surface area contributed by atoms with Crippen LogP contribution in [0.15, 0.2) is 77.7 Å². The van der Waals surface area contributed by atoms with Crippen LogP contribution in [0.4, 0.5) is 0 Å². The minimum absolute atomic E-state index is 0. The standard InChI is InChI=1S/C24H24ClNO5S.ClH/c25-21-3-1-2-20(14-21)23(27)15-26-13-12-17-6-10-22(11-7-17)32(30,31)16-18-4-8-19(9-5-18)24(28)29;/h1-11,14,23,26-27H,12-13,15-16H2,(H,28,29);1H/t23-;/m0./s1. The first kappa shape index (κ1) is 26.8. The van der Waals surface area contributed by atoms with E-state index in [1.807, 2.05) is 6.07 Å². The van der Waals surface area contributed by atoms with Gasteiger partial charge < -0.3 is 15.5 Å². The van der Waals surface area contributed by atoms with Gasteiger partial charge >= 0.3 is 5.97 Å². The third-order valence-corrected chi connectivity index (χ3v) is 6.94. The van der Waals surface area contributed by atoms with Crippen molar-refractivity contribution in [3.63, 3.8) is 0 Å². The molecule has 1 atom stereocenters. The third-order valence-electron chi connectivity index (χ3n) is 5.00. The Kier molecular flexibility index (Phi) is 9.88. The Morgan fingerprint density at radius 1 is 0.970 bits per heavy atom. The normalized spacial score (nSPS) is 12.1. The van der Waals surface area contributed by atoms with Gasteiger partial charge in [0.2, 0.25) is 0 Å². The Balaban J connectivity index is 0.00000385. The molecule has 176 valence electrons. The zero-order chi connectivity index (χ0) is 23.1. The molecule has 3 N–H and O–H groups in total. The molecule has 3 aromatic rings. The highest BCUT2D eigenvalue weighted by Gasteiger charge is 2.16. The average molecular weight is 510 g/mol. The van der Waals surface area contributed by atoms with Crippen molar-refractivity contribution in [2.24, 2.45) is 0 Å². The van der Waals surface area contributed by atoms with Gasteiger partial charge in [0.05, 0.1) is 22.3 Å². The van der Waals surface area contributed by atoms with E-state index in [4.69, 9.17) is 16.7 Å².